The summed E-state index contributed by atoms with van der Waals surface area (Å²) in [5, 5.41) is 19.0. The number of rotatable bonds is 3. The van der Waals surface area contributed by atoms with Crippen LogP contribution < -0.4 is 0 Å². The van der Waals surface area contributed by atoms with E-state index < -0.39 is 36.9 Å². The van der Waals surface area contributed by atoms with Gasteiger partial charge in [-0.2, -0.15) is 13.2 Å². The van der Waals surface area contributed by atoms with E-state index in [9.17, 15) is 27.8 Å². The first-order valence-corrected chi connectivity index (χ1v) is 5.80. The maximum atomic E-state index is 12.5. The second-order valence-corrected chi connectivity index (χ2v) is 5.43. The Bertz CT molecular complexity index is 294. The third-order valence-electron chi connectivity index (χ3n) is 4.26. The number of hydrogen-bond donors (Lipinski definition) is 2. The first kappa shape index (κ1) is 13.1. The van der Waals surface area contributed by atoms with Crippen LogP contribution in [0.5, 0.6) is 0 Å². The molecule has 0 radical (unpaired) electrons. The highest BCUT2D eigenvalue weighted by Crippen LogP contribution is 2.52. The van der Waals surface area contributed by atoms with E-state index in [1.54, 1.807) is 0 Å². The topological polar surface area (TPSA) is 40.5 Å². The van der Waals surface area contributed by atoms with Crippen molar-refractivity contribution < 1.29 is 27.8 Å². The molecule has 2 N–H and O–H groups in total. The van der Waals surface area contributed by atoms with Crippen molar-refractivity contribution in [1.82, 2.24) is 0 Å². The van der Waals surface area contributed by atoms with Gasteiger partial charge in [-0.25, -0.2) is 4.39 Å². The summed E-state index contributed by atoms with van der Waals surface area (Å²) in [6, 6.07) is 0. The summed E-state index contributed by atoms with van der Waals surface area (Å²) >= 11 is 0. The summed E-state index contributed by atoms with van der Waals surface area (Å²) in [7, 11) is 0. The van der Waals surface area contributed by atoms with Crippen LogP contribution in [0.25, 0.3) is 0 Å². The van der Waals surface area contributed by atoms with Gasteiger partial charge in [0.05, 0.1) is 6.10 Å². The minimum atomic E-state index is -4.95. The second-order valence-electron chi connectivity index (χ2n) is 5.43. The molecule has 5 atom stereocenters. The van der Waals surface area contributed by atoms with Crippen LogP contribution in [-0.2, 0) is 0 Å². The van der Waals surface area contributed by atoms with Gasteiger partial charge >= 0.3 is 6.18 Å². The van der Waals surface area contributed by atoms with Crippen molar-refractivity contribution in [3.05, 3.63) is 0 Å². The lowest BCUT2D eigenvalue weighted by molar-refractivity contribution is -0.272. The Balaban J connectivity index is 2.06. The molecule has 5 unspecified atom stereocenters. The van der Waals surface area contributed by atoms with E-state index >= 15 is 0 Å². The first-order chi connectivity index (χ1) is 7.77. The summed E-state index contributed by atoms with van der Waals surface area (Å²) in [4.78, 5) is 0. The molecule has 100 valence electrons. The Kier molecular flexibility index (Phi) is 3.14. The Labute approximate surface area is 96.6 Å². The fourth-order valence-corrected chi connectivity index (χ4v) is 3.37. The molecule has 0 aromatic carbocycles. The largest absolute Gasteiger partial charge is 0.419 e. The molecule has 0 aromatic rings. The van der Waals surface area contributed by atoms with Crippen molar-refractivity contribution in [1.29, 1.82) is 0 Å². The number of hydrogen-bond acceptors (Lipinski definition) is 2. The average Bonchev–Trinajstić information content (AvgIpc) is 2.73. The molecule has 0 saturated heterocycles. The van der Waals surface area contributed by atoms with Crippen molar-refractivity contribution >= 4 is 0 Å². The molecule has 2 aliphatic carbocycles. The van der Waals surface area contributed by atoms with E-state index in [2.05, 4.69) is 0 Å². The lowest BCUT2D eigenvalue weighted by atomic mass is 9.79. The van der Waals surface area contributed by atoms with Gasteiger partial charge < -0.3 is 10.2 Å². The number of alkyl halides is 4. The lowest BCUT2D eigenvalue weighted by Crippen LogP contribution is -2.49. The molecule has 2 bridgehead atoms. The monoisotopic (exact) mass is 256 g/mol. The Morgan fingerprint density at radius 3 is 2.18 bits per heavy atom. The third kappa shape index (κ3) is 2.17. The zero-order valence-corrected chi connectivity index (χ0v) is 9.25. The van der Waals surface area contributed by atoms with Crippen LogP contribution in [0, 0.1) is 17.8 Å². The summed E-state index contributed by atoms with van der Waals surface area (Å²) in [5.41, 5.74) is -3.25. The van der Waals surface area contributed by atoms with Gasteiger partial charge in [-0.15, -0.1) is 0 Å². The first-order valence-electron chi connectivity index (χ1n) is 5.80. The number of fused-ring (bicyclic) bond motifs is 2. The molecular weight excluding hydrogens is 240 g/mol. The normalized spacial score (nSPS) is 40.6. The average molecular weight is 256 g/mol. The highest BCUT2D eigenvalue weighted by Gasteiger charge is 2.57. The van der Waals surface area contributed by atoms with E-state index in [4.69, 9.17) is 0 Å². The van der Waals surface area contributed by atoms with E-state index in [-0.39, 0.29) is 11.8 Å². The van der Waals surface area contributed by atoms with Crippen LogP contribution in [0.4, 0.5) is 17.6 Å². The summed E-state index contributed by atoms with van der Waals surface area (Å²) in [5.74, 6) is -0.399. The van der Waals surface area contributed by atoms with Crippen molar-refractivity contribution in [3.8, 4) is 0 Å². The van der Waals surface area contributed by atoms with Crippen LogP contribution in [0.3, 0.4) is 0 Å². The standard InChI is InChI=1S/C11H16F4O2/c12-5-10(17,11(13,14)15)4-7-1-6-2-8(7)9(16)3-6/h6-9,16-17H,1-5H2. The fraction of sp³-hybridized carbons (Fsp3) is 1.00. The van der Waals surface area contributed by atoms with Crippen molar-refractivity contribution in [3.63, 3.8) is 0 Å². The minimum absolute atomic E-state index is 0.208. The molecule has 0 heterocycles. The summed E-state index contributed by atoms with van der Waals surface area (Å²) < 4.78 is 50.1. The zero-order valence-electron chi connectivity index (χ0n) is 9.25. The van der Waals surface area contributed by atoms with E-state index in [0.717, 1.165) is 0 Å². The summed E-state index contributed by atoms with van der Waals surface area (Å²) in [6.07, 6.45) is -4.29. The van der Waals surface area contributed by atoms with Crippen molar-refractivity contribution in [2.45, 2.75) is 43.6 Å². The Morgan fingerprint density at radius 1 is 1.12 bits per heavy atom. The summed E-state index contributed by atoms with van der Waals surface area (Å²) in [6.45, 7) is -1.82. The molecule has 2 nitrogen and oxygen atoms in total. The van der Waals surface area contributed by atoms with Crippen LogP contribution in [0.15, 0.2) is 0 Å². The molecule has 2 fully saturated rings. The Morgan fingerprint density at radius 2 is 1.76 bits per heavy atom. The highest BCUT2D eigenvalue weighted by molar-refractivity contribution is 4.99. The van der Waals surface area contributed by atoms with Gasteiger partial charge in [0.2, 0.25) is 0 Å². The predicted molar refractivity (Wildman–Crippen MR) is 51.9 cm³/mol. The molecule has 17 heavy (non-hydrogen) atoms. The molecule has 0 spiro atoms. The van der Waals surface area contributed by atoms with Gasteiger partial charge in [0.1, 0.15) is 6.67 Å². The maximum absolute atomic E-state index is 12.5. The van der Waals surface area contributed by atoms with Crippen LogP contribution >= 0.6 is 0 Å². The quantitative estimate of drug-likeness (QED) is 0.759. The third-order valence-corrected chi connectivity index (χ3v) is 4.26. The Hall–Kier alpha value is -0.360. The number of aliphatic hydroxyl groups is 2. The maximum Gasteiger partial charge on any atom is 0.419 e. The molecule has 6 heteroatoms. The molecule has 0 aromatic heterocycles. The zero-order chi connectivity index (χ0) is 12.8. The second kappa shape index (κ2) is 4.09. The molecule has 2 saturated carbocycles. The van der Waals surface area contributed by atoms with Gasteiger partial charge in [0, 0.05) is 0 Å². The van der Waals surface area contributed by atoms with Crippen LogP contribution in [-0.4, -0.2) is 34.8 Å². The smallest absolute Gasteiger partial charge is 0.393 e. The van der Waals surface area contributed by atoms with Gasteiger partial charge in [-0.1, -0.05) is 0 Å². The van der Waals surface area contributed by atoms with Gasteiger partial charge in [-0.3, -0.25) is 0 Å². The lowest BCUT2D eigenvalue weighted by Gasteiger charge is -2.34. The van der Waals surface area contributed by atoms with Crippen molar-refractivity contribution in [2.75, 3.05) is 6.67 Å². The van der Waals surface area contributed by atoms with Gasteiger partial charge in [-0.05, 0) is 43.4 Å². The van der Waals surface area contributed by atoms with Crippen LogP contribution in [0.2, 0.25) is 0 Å². The number of halogens is 4. The van der Waals surface area contributed by atoms with Gasteiger partial charge in [0.25, 0.3) is 0 Å². The molecule has 0 aliphatic heterocycles. The van der Waals surface area contributed by atoms with Crippen molar-refractivity contribution in [2.24, 2.45) is 17.8 Å². The van der Waals surface area contributed by atoms with E-state index in [0.29, 0.717) is 19.3 Å². The molecular formula is C11H16F4O2. The minimum Gasteiger partial charge on any atom is -0.393 e. The van der Waals surface area contributed by atoms with Gasteiger partial charge in [0.15, 0.2) is 5.60 Å². The predicted octanol–water partition coefficient (Wildman–Crippen LogP) is 2.05. The SMILES string of the molecule is OC1CC2CC(CC(O)(CF)C(F)(F)F)C1C2. The molecule has 2 aliphatic rings. The van der Waals surface area contributed by atoms with E-state index in [1.165, 1.54) is 0 Å². The van der Waals surface area contributed by atoms with E-state index in [1.807, 2.05) is 0 Å². The highest BCUT2D eigenvalue weighted by atomic mass is 19.4. The fourth-order valence-electron chi connectivity index (χ4n) is 3.37. The molecule has 2 rings (SSSR count). The molecule has 0 amide bonds. The van der Waals surface area contributed by atoms with Crippen LogP contribution in [0.1, 0.15) is 25.7 Å². The number of aliphatic hydroxyl groups excluding tert-OH is 1.